The molecule has 1 aromatic heterocycles. The largest absolute Gasteiger partial charge is 0.394 e. The van der Waals surface area contributed by atoms with Crippen molar-refractivity contribution in [3.63, 3.8) is 0 Å². The first-order valence-corrected chi connectivity index (χ1v) is 4.98. The van der Waals surface area contributed by atoms with E-state index >= 15 is 0 Å². The van der Waals surface area contributed by atoms with E-state index in [-0.39, 0.29) is 24.8 Å². The standard InChI is InChI=1S/C9H12N2O6.2ClH/c12-3-4-6(14)7(15)8(17-4)11-2-1-5(13)10-9(11)16;;/h1-2,4,6-8,12,14-15H,3H2,(H,10,13,16);2*1H/t4-,6+,7-,8-;;/m0../s1. The molecule has 0 unspecified atom stereocenters. The quantitative estimate of drug-likeness (QED) is 0.500. The number of hydrogen-bond acceptors (Lipinski definition) is 6. The molecule has 1 saturated heterocycles. The minimum absolute atomic E-state index is 0. The number of nitrogens with zero attached hydrogens (tertiary/aromatic N) is 1. The number of hydrogen-bond donors (Lipinski definition) is 4. The highest BCUT2D eigenvalue weighted by Gasteiger charge is 2.43. The summed E-state index contributed by atoms with van der Waals surface area (Å²) in [6.45, 7) is -0.479. The van der Waals surface area contributed by atoms with E-state index in [0.717, 1.165) is 16.8 Å². The highest BCUT2D eigenvalue weighted by atomic mass is 35.5. The molecule has 1 aliphatic heterocycles. The van der Waals surface area contributed by atoms with Crippen molar-refractivity contribution in [3.8, 4) is 0 Å². The lowest BCUT2D eigenvalue weighted by atomic mass is 10.1. The summed E-state index contributed by atoms with van der Waals surface area (Å²) >= 11 is 0. The van der Waals surface area contributed by atoms with Gasteiger partial charge in [0, 0.05) is 12.3 Å². The van der Waals surface area contributed by atoms with Crippen molar-refractivity contribution in [1.29, 1.82) is 0 Å². The third-order valence-electron chi connectivity index (χ3n) is 2.64. The second kappa shape index (κ2) is 7.04. The Balaban J connectivity index is 0.00000162. The first-order valence-electron chi connectivity index (χ1n) is 4.98. The lowest BCUT2D eigenvalue weighted by Crippen LogP contribution is -2.37. The van der Waals surface area contributed by atoms with Gasteiger partial charge in [0.15, 0.2) is 6.23 Å². The number of ether oxygens (including phenoxy) is 1. The van der Waals surface area contributed by atoms with Crippen LogP contribution < -0.4 is 11.2 Å². The SMILES string of the molecule is Cl.Cl.O=c1ccn([C@H]2O[C@@H](CO)[C@@H](O)[C@@H]2O)c(=O)[nH]1. The van der Waals surface area contributed by atoms with Crippen LogP contribution in [0.5, 0.6) is 0 Å². The minimum Gasteiger partial charge on any atom is -0.394 e. The number of halogens is 2. The number of H-pyrrole nitrogens is 1. The van der Waals surface area contributed by atoms with Crippen LogP contribution in [0, 0.1) is 0 Å². The molecule has 10 heteroatoms. The molecule has 19 heavy (non-hydrogen) atoms. The first-order chi connectivity index (χ1) is 8.04. The van der Waals surface area contributed by atoms with E-state index in [1.165, 1.54) is 0 Å². The minimum atomic E-state index is -1.35. The molecule has 0 aromatic carbocycles. The summed E-state index contributed by atoms with van der Waals surface area (Å²) < 4.78 is 6.08. The van der Waals surface area contributed by atoms with E-state index in [4.69, 9.17) is 9.84 Å². The molecular formula is C9H14Cl2N2O6. The van der Waals surface area contributed by atoms with Crippen molar-refractivity contribution in [3.05, 3.63) is 33.1 Å². The number of aromatic nitrogens is 2. The maximum Gasteiger partial charge on any atom is 0.330 e. The van der Waals surface area contributed by atoms with Gasteiger partial charge >= 0.3 is 5.69 Å². The molecule has 2 rings (SSSR count). The predicted molar refractivity (Wildman–Crippen MR) is 68.8 cm³/mol. The van der Waals surface area contributed by atoms with Gasteiger partial charge in [0.1, 0.15) is 18.3 Å². The van der Waals surface area contributed by atoms with Crippen LogP contribution in [0.1, 0.15) is 6.23 Å². The summed E-state index contributed by atoms with van der Waals surface area (Å²) in [6, 6.07) is 1.09. The zero-order valence-corrected chi connectivity index (χ0v) is 11.1. The Labute approximate surface area is 119 Å². The fourth-order valence-electron chi connectivity index (χ4n) is 1.74. The maximum absolute atomic E-state index is 11.4. The molecule has 1 aliphatic rings. The van der Waals surface area contributed by atoms with Gasteiger partial charge in [0.05, 0.1) is 6.61 Å². The predicted octanol–water partition coefficient (Wildman–Crippen LogP) is -2.01. The Hall–Kier alpha value is -0.900. The van der Waals surface area contributed by atoms with E-state index in [0.29, 0.717) is 0 Å². The van der Waals surface area contributed by atoms with Crippen molar-refractivity contribution < 1.29 is 20.1 Å². The van der Waals surface area contributed by atoms with Crippen molar-refractivity contribution in [2.45, 2.75) is 24.5 Å². The molecule has 1 aromatic rings. The molecule has 2 heterocycles. The molecule has 0 radical (unpaired) electrons. The van der Waals surface area contributed by atoms with E-state index in [9.17, 15) is 19.8 Å². The van der Waals surface area contributed by atoms with Crippen LogP contribution in [-0.4, -0.2) is 49.8 Å². The van der Waals surface area contributed by atoms with Crippen molar-refractivity contribution in [2.75, 3.05) is 6.61 Å². The average Bonchev–Trinajstić information content (AvgIpc) is 2.57. The second-order valence-electron chi connectivity index (χ2n) is 3.75. The van der Waals surface area contributed by atoms with Crippen LogP contribution in [0.2, 0.25) is 0 Å². The summed E-state index contributed by atoms with van der Waals surface area (Å²) in [7, 11) is 0. The van der Waals surface area contributed by atoms with Crippen molar-refractivity contribution >= 4 is 24.8 Å². The summed E-state index contributed by atoms with van der Waals surface area (Å²) in [5.74, 6) is 0. The van der Waals surface area contributed by atoms with Crippen LogP contribution in [0.3, 0.4) is 0 Å². The van der Waals surface area contributed by atoms with Crippen LogP contribution in [0.25, 0.3) is 0 Å². The normalized spacial score (nSPS) is 29.4. The number of aliphatic hydroxyl groups excluding tert-OH is 3. The Bertz CT molecular complexity index is 518. The highest BCUT2D eigenvalue weighted by molar-refractivity contribution is 5.85. The summed E-state index contributed by atoms with van der Waals surface area (Å²) in [5.41, 5.74) is -1.33. The van der Waals surface area contributed by atoms with Gasteiger partial charge in [0.25, 0.3) is 5.56 Å². The van der Waals surface area contributed by atoms with Gasteiger partial charge in [-0.05, 0) is 0 Å². The topological polar surface area (TPSA) is 125 Å². The van der Waals surface area contributed by atoms with Crippen LogP contribution in [0.4, 0.5) is 0 Å². The zero-order valence-electron chi connectivity index (χ0n) is 9.50. The van der Waals surface area contributed by atoms with Gasteiger partial charge in [-0.25, -0.2) is 4.79 Å². The molecule has 0 aliphatic carbocycles. The summed E-state index contributed by atoms with van der Waals surface area (Å²) in [6.07, 6.45) is -3.58. The van der Waals surface area contributed by atoms with E-state index in [2.05, 4.69) is 0 Å². The first kappa shape index (κ1) is 18.1. The number of rotatable bonds is 2. The second-order valence-corrected chi connectivity index (χ2v) is 3.75. The molecule has 0 bridgehead atoms. The van der Waals surface area contributed by atoms with E-state index < -0.39 is 42.4 Å². The van der Waals surface area contributed by atoms with Gasteiger partial charge in [-0.2, -0.15) is 0 Å². The van der Waals surface area contributed by atoms with E-state index in [1.807, 2.05) is 4.98 Å². The number of aromatic amines is 1. The zero-order chi connectivity index (χ0) is 12.6. The molecule has 0 spiro atoms. The van der Waals surface area contributed by atoms with Crippen LogP contribution in [0.15, 0.2) is 21.9 Å². The molecule has 4 atom stereocenters. The molecule has 1 fully saturated rings. The van der Waals surface area contributed by atoms with Gasteiger partial charge in [0.2, 0.25) is 0 Å². The number of aliphatic hydroxyl groups is 3. The van der Waals surface area contributed by atoms with Gasteiger partial charge < -0.3 is 20.1 Å². The van der Waals surface area contributed by atoms with Gasteiger partial charge in [-0.15, -0.1) is 24.8 Å². The summed E-state index contributed by atoms with van der Waals surface area (Å²) in [5, 5.41) is 28.1. The monoisotopic (exact) mass is 316 g/mol. The Morgan fingerprint density at radius 3 is 2.37 bits per heavy atom. The van der Waals surface area contributed by atoms with Gasteiger partial charge in [-0.3, -0.25) is 14.3 Å². The molecule has 0 amide bonds. The maximum atomic E-state index is 11.4. The number of nitrogens with one attached hydrogen (secondary N) is 1. The Kier molecular flexibility index (Phi) is 6.70. The molecule has 110 valence electrons. The van der Waals surface area contributed by atoms with Crippen LogP contribution >= 0.6 is 24.8 Å². The summed E-state index contributed by atoms with van der Waals surface area (Å²) in [4.78, 5) is 24.3. The van der Waals surface area contributed by atoms with E-state index in [1.54, 1.807) is 0 Å². The van der Waals surface area contributed by atoms with Crippen molar-refractivity contribution in [2.24, 2.45) is 0 Å². The highest BCUT2D eigenvalue weighted by Crippen LogP contribution is 2.27. The van der Waals surface area contributed by atoms with Gasteiger partial charge in [-0.1, -0.05) is 0 Å². The van der Waals surface area contributed by atoms with Crippen molar-refractivity contribution in [1.82, 2.24) is 9.55 Å². The smallest absolute Gasteiger partial charge is 0.330 e. The molecule has 8 nitrogen and oxygen atoms in total. The lowest BCUT2D eigenvalue weighted by molar-refractivity contribution is -0.0550. The average molecular weight is 317 g/mol. The third-order valence-corrected chi connectivity index (χ3v) is 2.64. The Morgan fingerprint density at radius 2 is 1.89 bits per heavy atom. The molecule has 0 saturated carbocycles. The lowest BCUT2D eigenvalue weighted by Gasteiger charge is -2.16. The third kappa shape index (κ3) is 3.35. The molecular weight excluding hydrogens is 303 g/mol. The Morgan fingerprint density at radius 1 is 1.26 bits per heavy atom. The fourth-order valence-corrected chi connectivity index (χ4v) is 1.74. The molecule has 4 N–H and O–H groups in total. The fraction of sp³-hybridized carbons (Fsp3) is 0.556. The van der Waals surface area contributed by atoms with Crippen LogP contribution in [-0.2, 0) is 4.74 Å².